The van der Waals surface area contributed by atoms with Gasteiger partial charge in [-0.2, -0.15) is 0 Å². The summed E-state index contributed by atoms with van der Waals surface area (Å²) in [5, 5.41) is 1.31. The Bertz CT molecular complexity index is 3250. The Balaban J connectivity index is 1.24. The molecule has 6 aromatic carbocycles. The van der Waals surface area contributed by atoms with Gasteiger partial charge in [-0.3, -0.25) is 0 Å². The van der Waals surface area contributed by atoms with E-state index >= 15 is 0 Å². The van der Waals surface area contributed by atoms with E-state index in [1.807, 2.05) is 0 Å². The van der Waals surface area contributed by atoms with E-state index in [-0.39, 0.29) is 33.8 Å². The van der Waals surface area contributed by atoms with Crippen molar-refractivity contribution in [3.8, 4) is 5.69 Å². The molecule has 0 N–H and O–H groups in total. The minimum atomic E-state index is -0.232. The Morgan fingerprint density at radius 2 is 1.22 bits per heavy atom. The van der Waals surface area contributed by atoms with Gasteiger partial charge in [0, 0.05) is 61.4 Å². The molecule has 7 aromatic rings. The molecule has 3 nitrogen and oxygen atoms in total. The molecule has 0 saturated carbocycles. The van der Waals surface area contributed by atoms with Crippen molar-refractivity contribution in [1.82, 2.24) is 4.57 Å². The molecule has 0 spiro atoms. The van der Waals surface area contributed by atoms with Gasteiger partial charge >= 0.3 is 0 Å². The van der Waals surface area contributed by atoms with Crippen LogP contribution >= 0.6 is 0 Å². The maximum atomic E-state index is 2.70. The first-order valence-corrected chi connectivity index (χ1v) is 24.1. The largest absolute Gasteiger partial charge is 0.319 e. The van der Waals surface area contributed by atoms with Gasteiger partial charge in [-0.25, -0.2) is 0 Å². The number of hydrogen-bond donors (Lipinski definition) is 0. The number of anilines is 5. The van der Waals surface area contributed by atoms with Crippen molar-refractivity contribution in [2.24, 2.45) is 11.3 Å². The number of nitrogens with zero attached hydrogens (tertiary/aromatic N) is 3. The highest BCUT2D eigenvalue weighted by Crippen LogP contribution is 2.54. The van der Waals surface area contributed by atoms with Crippen LogP contribution in [0.3, 0.4) is 0 Å². The molecule has 4 heterocycles. The van der Waals surface area contributed by atoms with Crippen LogP contribution in [0.5, 0.6) is 0 Å². The van der Waals surface area contributed by atoms with E-state index in [0.717, 1.165) is 6.42 Å². The quantitative estimate of drug-likeness (QED) is 0.161. The fourth-order valence-corrected chi connectivity index (χ4v) is 12.6. The second-order valence-electron chi connectivity index (χ2n) is 23.5. The monoisotopic (exact) mass is 848 g/mol. The van der Waals surface area contributed by atoms with Crippen LogP contribution in [0.1, 0.15) is 128 Å². The number of fused-ring (bicyclic) bond motifs is 9. The highest BCUT2D eigenvalue weighted by Gasteiger charge is 2.49. The van der Waals surface area contributed by atoms with Gasteiger partial charge in [0.25, 0.3) is 6.71 Å². The lowest BCUT2D eigenvalue weighted by atomic mass is 9.34. The Labute approximate surface area is 387 Å². The van der Waals surface area contributed by atoms with E-state index in [1.165, 1.54) is 106 Å². The van der Waals surface area contributed by atoms with Crippen LogP contribution < -0.4 is 26.3 Å². The SMILES string of the molecule is CC(C)(C)c1ccc(N2c3ccc4cc3B3c5c(cccc52)N(C2=CCC(C(C)(C)C)C=C2)c2c3n(c3cc5c(cc23)C(C)(C)c2ccccc2C5(C)C)-c2cccc(c2)C4(C)C)cc1. The van der Waals surface area contributed by atoms with Crippen LogP contribution in [0.2, 0.25) is 0 Å². The van der Waals surface area contributed by atoms with Gasteiger partial charge in [0.05, 0.1) is 11.2 Å². The van der Waals surface area contributed by atoms with Crippen LogP contribution in [0.25, 0.3) is 16.6 Å². The summed E-state index contributed by atoms with van der Waals surface area (Å²) in [6.07, 6.45) is 8.47. The summed E-state index contributed by atoms with van der Waals surface area (Å²) in [6, 6.07) is 47.9. The molecule has 12 rings (SSSR count). The molecule has 1 unspecified atom stereocenters. The molecule has 5 aliphatic rings. The number of aromatic nitrogens is 1. The summed E-state index contributed by atoms with van der Waals surface area (Å²) < 4.78 is 2.70. The van der Waals surface area contributed by atoms with Crippen molar-refractivity contribution < 1.29 is 0 Å². The lowest BCUT2D eigenvalue weighted by molar-refractivity contribution is 0.293. The minimum absolute atomic E-state index is 0.0248. The zero-order valence-electron chi connectivity index (χ0n) is 40.5. The number of hydrogen-bond acceptors (Lipinski definition) is 2. The predicted molar refractivity (Wildman–Crippen MR) is 278 cm³/mol. The molecule has 324 valence electrons. The van der Waals surface area contributed by atoms with E-state index < -0.39 is 0 Å². The van der Waals surface area contributed by atoms with Crippen molar-refractivity contribution >= 4 is 62.6 Å². The van der Waals surface area contributed by atoms with Crippen LogP contribution in [-0.2, 0) is 21.7 Å². The van der Waals surface area contributed by atoms with Crippen molar-refractivity contribution in [2.75, 3.05) is 9.80 Å². The molecule has 4 bridgehead atoms. The third-order valence-electron chi connectivity index (χ3n) is 16.6. The molecule has 1 aromatic heterocycles. The maximum Gasteiger partial charge on any atom is 0.273 e. The summed E-state index contributed by atoms with van der Waals surface area (Å²) in [6.45, 7) is 28.6. The van der Waals surface area contributed by atoms with Crippen LogP contribution in [0.15, 0.2) is 145 Å². The zero-order valence-corrected chi connectivity index (χ0v) is 40.5. The van der Waals surface area contributed by atoms with Crippen molar-refractivity contribution in [2.45, 2.75) is 111 Å². The van der Waals surface area contributed by atoms with Gasteiger partial charge in [-0.15, -0.1) is 0 Å². The van der Waals surface area contributed by atoms with E-state index in [2.05, 4.69) is 237 Å². The number of rotatable bonds is 2. The van der Waals surface area contributed by atoms with Gasteiger partial charge < -0.3 is 14.4 Å². The Kier molecular flexibility index (Phi) is 8.16. The summed E-state index contributed by atoms with van der Waals surface area (Å²) in [5.74, 6) is 0.463. The predicted octanol–water partition coefficient (Wildman–Crippen LogP) is 13.8. The minimum Gasteiger partial charge on any atom is -0.319 e. The van der Waals surface area contributed by atoms with Crippen LogP contribution in [0.4, 0.5) is 28.4 Å². The molecule has 1 atom stereocenters. The first kappa shape index (κ1) is 40.5. The van der Waals surface area contributed by atoms with Crippen LogP contribution in [0, 0.1) is 11.3 Å². The smallest absolute Gasteiger partial charge is 0.273 e. The molecular weight excluding hydrogens is 786 g/mol. The van der Waals surface area contributed by atoms with Crippen molar-refractivity contribution in [3.05, 3.63) is 184 Å². The van der Waals surface area contributed by atoms with Gasteiger partial charge in [0.1, 0.15) is 0 Å². The molecule has 65 heavy (non-hydrogen) atoms. The normalized spacial score (nSPS) is 19.2. The average Bonchev–Trinajstić information content (AvgIpc) is 3.61. The number of benzene rings is 6. The van der Waals surface area contributed by atoms with Crippen LogP contribution in [-0.4, -0.2) is 11.3 Å². The van der Waals surface area contributed by atoms with Crippen molar-refractivity contribution in [3.63, 3.8) is 0 Å². The second kappa shape index (κ2) is 13.1. The fourth-order valence-electron chi connectivity index (χ4n) is 12.6. The molecule has 0 radical (unpaired) electrons. The van der Waals surface area contributed by atoms with E-state index in [4.69, 9.17) is 0 Å². The van der Waals surface area contributed by atoms with Crippen molar-refractivity contribution in [1.29, 1.82) is 0 Å². The summed E-state index contributed by atoms with van der Waals surface area (Å²) in [5.41, 5.74) is 23.4. The third kappa shape index (κ3) is 5.49. The molecule has 0 amide bonds. The first-order valence-electron chi connectivity index (χ1n) is 24.1. The molecule has 2 aliphatic carbocycles. The van der Waals surface area contributed by atoms with E-state index in [9.17, 15) is 0 Å². The summed E-state index contributed by atoms with van der Waals surface area (Å²) >= 11 is 0. The highest BCUT2D eigenvalue weighted by atomic mass is 15.2. The van der Waals surface area contributed by atoms with E-state index in [0.29, 0.717) is 5.92 Å². The van der Waals surface area contributed by atoms with Gasteiger partial charge in [-0.05, 0) is 134 Å². The topological polar surface area (TPSA) is 11.4 Å². The zero-order chi connectivity index (χ0) is 45.3. The Morgan fingerprint density at radius 1 is 0.569 bits per heavy atom. The molecule has 0 saturated heterocycles. The lowest BCUT2D eigenvalue weighted by Crippen LogP contribution is -2.63. The fraction of sp³-hybridized carbons (Fsp3) is 0.311. The van der Waals surface area contributed by atoms with Gasteiger partial charge in [0.2, 0.25) is 0 Å². The summed E-state index contributed by atoms with van der Waals surface area (Å²) in [7, 11) is 0. The second-order valence-corrected chi connectivity index (χ2v) is 23.5. The standard InChI is InChI=1S/C61H62BN3/c1-57(2,3)37-23-28-41(29-24-37)63-50-32-27-40-34-49(50)62-54-51(63)21-16-22-52(54)64(42-30-25-38(26-31-42)58(4,5)6)55-44-35-47-48(61(11,12)46-20-14-13-19-45(46)60(47,9)10)36-53(44)65(56(55)62)43-18-15-17-39(33-43)59(40,7)8/h13-25,27-36,38H,26H2,1-12H3. The molecule has 0 fully saturated rings. The Morgan fingerprint density at radius 3 is 1.86 bits per heavy atom. The molecule has 4 heteroatoms. The molecule has 3 aliphatic heterocycles. The Hall–Kier alpha value is -6.00. The number of allylic oxidation sites excluding steroid dienone is 3. The highest BCUT2D eigenvalue weighted by molar-refractivity contribution is 7.00. The molecular formula is C61H62BN3. The van der Waals surface area contributed by atoms with Gasteiger partial charge in [-0.1, -0.05) is 162 Å². The summed E-state index contributed by atoms with van der Waals surface area (Å²) in [4.78, 5) is 5.24. The van der Waals surface area contributed by atoms with E-state index in [1.54, 1.807) is 0 Å². The van der Waals surface area contributed by atoms with Gasteiger partial charge in [0.15, 0.2) is 0 Å². The first-order chi connectivity index (χ1) is 30.8. The third-order valence-corrected chi connectivity index (χ3v) is 16.6. The lowest BCUT2D eigenvalue weighted by Gasteiger charge is -2.45. The average molecular weight is 848 g/mol. The maximum absolute atomic E-state index is 2.70.